The van der Waals surface area contributed by atoms with Gasteiger partial charge in [0, 0.05) is 37.1 Å². The maximum atomic E-state index is 10.3. The zero-order chi connectivity index (χ0) is 17.4. The highest BCUT2D eigenvalue weighted by atomic mass is 16.3. The Hall–Kier alpha value is -2.43. The first-order valence-corrected chi connectivity index (χ1v) is 8.80. The van der Waals surface area contributed by atoms with Gasteiger partial charge in [0.2, 0.25) is 0 Å². The molecule has 0 aromatic carbocycles. The summed E-state index contributed by atoms with van der Waals surface area (Å²) in [5.41, 5.74) is 2.69. The molecule has 4 rings (SSSR count). The Labute approximate surface area is 145 Å². The average Bonchev–Trinajstić information content (AvgIpc) is 3.23. The minimum absolute atomic E-state index is 0.238. The number of hydrogen-bond acceptors (Lipinski definition) is 5. The summed E-state index contributed by atoms with van der Waals surface area (Å²) in [7, 11) is 0. The number of H-pyrrole nitrogens is 1. The molecule has 7 heteroatoms. The molecule has 3 aromatic heterocycles. The number of nitrogens with zero attached hydrogens (tertiary/aromatic N) is 5. The lowest BCUT2D eigenvalue weighted by molar-refractivity contribution is 0.155. The monoisotopic (exact) mass is 338 g/mol. The second-order valence-electron chi connectivity index (χ2n) is 6.75. The van der Waals surface area contributed by atoms with Crippen LogP contribution in [0.5, 0.6) is 0 Å². The third-order valence-corrected chi connectivity index (χ3v) is 5.02. The molecule has 130 valence electrons. The van der Waals surface area contributed by atoms with Crippen LogP contribution in [-0.2, 0) is 0 Å². The predicted molar refractivity (Wildman–Crippen MR) is 95.0 cm³/mol. The summed E-state index contributed by atoms with van der Waals surface area (Å²) < 4.78 is 2.20. The lowest BCUT2D eigenvalue weighted by Gasteiger charge is -2.34. The smallest absolute Gasteiger partial charge is 0.139 e. The van der Waals surface area contributed by atoms with Crippen molar-refractivity contribution in [3.05, 3.63) is 24.3 Å². The molecule has 1 saturated heterocycles. The van der Waals surface area contributed by atoms with E-state index in [-0.39, 0.29) is 6.04 Å². The summed E-state index contributed by atoms with van der Waals surface area (Å²) in [5.74, 6) is 0.692. The van der Waals surface area contributed by atoms with Gasteiger partial charge >= 0.3 is 0 Å². The largest absolute Gasteiger partial charge is 0.385 e. The first-order chi connectivity index (χ1) is 12.2. The first-order valence-electron chi connectivity index (χ1n) is 8.80. The van der Waals surface area contributed by atoms with Crippen LogP contribution < -0.4 is 0 Å². The van der Waals surface area contributed by atoms with Gasteiger partial charge in [-0.1, -0.05) is 0 Å². The van der Waals surface area contributed by atoms with Gasteiger partial charge in [-0.3, -0.25) is 0 Å². The molecule has 1 aliphatic rings. The quantitative estimate of drug-likeness (QED) is 0.762. The number of nitrogens with one attached hydrogen (secondary N) is 1. The molecule has 3 aromatic rings. The van der Waals surface area contributed by atoms with E-state index >= 15 is 0 Å². The van der Waals surface area contributed by atoms with Crippen molar-refractivity contribution in [3.63, 3.8) is 0 Å². The van der Waals surface area contributed by atoms with Gasteiger partial charge in [-0.2, -0.15) is 5.26 Å². The van der Waals surface area contributed by atoms with E-state index in [1.807, 2.05) is 12.3 Å². The van der Waals surface area contributed by atoms with Crippen LogP contribution in [0.3, 0.4) is 0 Å². The van der Waals surface area contributed by atoms with E-state index in [0.717, 1.165) is 54.5 Å². The molecular formula is C18H22N6O. The van der Waals surface area contributed by atoms with E-state index in [1.54, 1.807) is 13.1 Å². The Bertz CT molecular complexity index is 934. The molecule has 4 heterocycles. The van der Waals surface area contributed by atoms with E-state index in [4.69, 9.17) is 5.26 Å². The van der Waals surface area contributed by atoms with Crippen LogP contribution in [0.4, 0.5) is 0 Å². The van der Waals surface area contributed by atoms with Crippen molar-refractivity contribution in [2.45, 2.75) is 38.3 Å². The number of aromatic nitrogens is 4. The number of piperidine rings is 1. The number of fused-ring (bicyclic) bond motifs is 3. The molecular weight excluding hydrogens is 316 g/mol. The van der Waals surface area contributed by atoms with E-state index in [9.17, 15) is 5.11 Å². The summed E-state index contributed by atoms with van der Waals surface area (Å²) in [5, 5.41) is 20.2. The Morgan fingerprint density at radius 3 is 3.20 bits per heavy atom. The van der Waals surface area contributed by atoms with Crippen LogP contribution in [0.1, 0.15) is 44.2 Å². The van der Waals surface area contributed by atoms with Crippen LogP contribution in [-0.4, -0.2) is 49.2 Å². The van der Waals surface area contributed by atoms with Crippen LogP contribution in [0, 0.1) is 11.3 Å². The summed E-state index contributed by atoms with van der Waals surface area (Å²) >= 11 is 0. The molecule has 0 amide bonds. The topological polar surface area (TPSA) is 93.8 Å². The highest BCUT2D eigenvalue weighted by Crippen LogP contribution is 2.33. The molecule has 0 unspecified atom stereocenters. The Balaban J connectivity index is 1.83. The standard InChI is InChI=1S/C18H22N6O/c1-12(25)18-22-15-10-21-17-14(5-7-20-17)16(15)24(18)13-4-2-8-23(11-13)9-3-6-19/h5,7,10,12-13,25H,2-4,8-9,11H2,1H3,(H,20,21)/t12-,13-/m1/s1. The van der Waals surface area contributed by atoms with Gasteiger partial charge in [0.05, 0.1) is 17.8 Å². The van der Waals surface area contributed by atoms with Crippen molar-refractivity contribution >= 4 is 22.1 Å². The SMILES string of the molecule is C[C@@H](O)c1nc2cnc3[nH]ccc3c2n1[C@@H]1CCCN(CCC#N)C1. The minimum atomic E-state index is -0.643. The fourth-order valence-electron chi connectivity index (χ4n) is 3.93. The maximum absolute atomic E-state index is 10.3. The van der Waals surface area contributed by atoms with Gasteiger partial charge in [-0.15, -0.1) is 0 Å². The molecule has 0 spiro atoms. The summed E-state index contributed by atoms with van der Waals surface area (Å²) in [6, 6.07) is 4.49. The second kappa shape index (κ2) is 6.47. The molecule has 0 aliphatic carbocycles. The van der Waals surface area contributed by atoms with Gasteiger partial charge in [0.1, 0.15) is 23.1 Å². The van der Waals surface area contributed by atoms with Gasteiger partial charge in [-0.25, -0.2) is 9.97 Å². The number of rotatable bonds is 4. The van der Waals surface area contributed by atoms with Crippen molar-refractivity contribution < 1.29 is 5.11 Å². The number of likely N-dealkylation sites (tertiary alicyclic amines) is 1. The van der Waals surface area contributed by atoms with Crippen LogP contribution in [0.2, 0.25) is 0 Å². The predicted octanol–water partition coefficient (Wildman–Crippen LogP) is 2.52. The van der Waals surface area contributed by atoms with E-state index in [0.29, 0.717) is 12.2 Å². The van der Waals surface area contributed by atoms with Gasteiger partial charge < -0.3 is 19.6 Å². The first kappa shape index (κ1) is 16.1. The Morgan fingerprint density at radius 2 is 2.40 bits per heavy atom. The normalized spacial score (nSPS) is 20.1. The number of nitriles is 1. The zero-order valence-corrected chi connectivity index (χ0v) is 14.3. The van der Waals surface area contributed by atoms with Crippen molar-refractivity contribution in [1.82, 2.24) is 24.4 Å². The van der Waals surface area contributed by atoms with Gasteiger partial charge in [0.15, 0.2) is 0 Å². The van der Waals surface area contributed by atoms with Crippen LogP contribution in [0.15, 0.2) is 18.5 Å². The fraction of sp³-hybridized carbons (Fsp3) is 0.500. The van der Waals surface area contributed by atoms with Crippen LogP contribution >= 0.6 is 0 Å². The molecule has 1 fully saturated rings. The highest BCUT2D eigenvalue weighted by molar-refractivity contribution is 6.01. The van der Waals surface area contributed by atoms with Crippen molar-refractivity contribution in [1.29, 1.82) is 5.26 Å². The molecule has 7 nitrogen and oxygen atoms in total. The third-order valence-electron chi connectivity index (χ3n) is 5.02. The van der Waals surface area contributed by atoms with Gasteiger partial charge in [0.25, 0.3) is 0 Å². The maximum Gasteiger partial charge on any atom is 0.139 e. The third kappa shape index (κ3) is 2.77. The lowest BCUT2D eigenvalue weighted by atomic mass is 10.0. The average molecular weight is 338 g/mol. The Kier molecular flexibility index (Phi) is 4.15. The zero-order valence-electron chi connectivity index (χ0n) is 14.3. The van der Waals surface area contributed by atoms with E-state index in [1.165, 1.54) is 0 Å². The van der Waals surface area contributed by atoms with Crippen molar-refractivity contribution in [3.8, 4) is 6.07 Å². The number of aliphatic hydroxyl groups is 1. The summed E-state index contributed by atoms with van der Waals surface area (Å²) in [6.45, 7) is 4.46. The highest BCUT2D eigenvalue weighted by Gasteiger charge is 2.27. The molecule has 2 atom stereocenters. The molecule has 0 radical (unpaired) electrons. The molecule has 1 aliphatic heterocycles. The molecule has 0 bridgehead atoms. The Morgan fingerprint density at radius 1 is 1.52 bits per heavy atom. The minimum Gasteiger partial charge on any atom is -0.385 e. The second-order valence-corrected chi connectivity index (χ2v) is 6.75. The number of aromatic amines is 1. The number of aliphatic hydroxyl groups excluding tert-OH is 1. The molecule has 2 N–H and O–H groups in total. The lowest BCUT2D eigenvalue weighted by Crippen LogP contribution is -2.37. The number of imidazole rings is 1. The molecule has 25 heavy (non-hydrogen) atoms. The fourth-order valence-corrected chi connectivity index (χ4v) is 3.93. The number of pyridine rings is 1. The summed E-state index contributed by atoms with van der Waals surface area (Å²) in [4.78, 5) is 14.6. The summed E-state index contributed by atoms with van der Waals surface area (Å²) in [6.07, 6.45) is 5.69. The van der Waals surface area contributed by atoms with Crippen molar-refractivity contribution in [2.24, 2.45) is 0 Å². The van der Waals surface area contributed by atoms with Crippen LogP contribution in [0.25, 0.3) is 22.1 Å². The van der Waals surface area contributed by atoms with Gasteiger partial charge in [-0.05, 0) is 32.4 Å². The van der Waals surface area contributed by atoms with E-state index < -0.39 is 6.10 Å². The van der Waals surface area contributed by atoms with Crippen molar-refractivity contribution in [2.75, 3.05) is 19.6 Å². The number of hydrogen-bond donors (Lipinski definition) is 2. The molecule has 0 saturated carbocycles. The van der Waals surface area contributed by atoms with E-state index in [2.05, 4.69) is 30.5 Å².